The van der Waals surface area contributed by atoms with Gasteiger partial charge in [0.2, 0.25) is 23.7 Å². The predicted molar refractivity (Wildman–Crippen MR) is 231 cm³/mol. The third-order valence-corrected chi connectivity index (χ3v) is 12.4. The van der Waals surface area contributed by atoms with Crippen LogP contribution in [0.5, 0.6) is 5.75 Å². The van der Waals surface area contributed by atoms with E-state index in [0.717, 1.165) is 101 Å². The molecule has 1 unspecified atom stereocenters. The van der Waals surface area contributed by atoms with Crippen LogP contribution in [0.2, 0.25) is 5.02 Å². The third-order valence-electron chi connectivity index (χ3n) is 12.1. The number of hydrogen-bond acceptors (Lipinski definition) is 12. The standard InChI is InChI=1S/C44H53ClN10O4/c1-59-39-27-35(11-12-37(39)49-44-46-28-36(45)42(51-44)48-32-5-3-2-4-6-32)53-21-17-34(18-22-53)54-23-25-55(26-24-54)41(57)29-52-19-15-31(16-20-52)30-7-9-33(10-8-30)47-38-13-14-40(56)50-43(38)58/h2-12,27-28,31,34,38,47H,13-26,29H2,1H3,(H,50,56,58)(H2,46,48,49,51). The van der Waals surface area contributed by atoms with Gasteiger partial charge in [-0.25, -0.2) is 4.98 Å². The van der Waals surface area contributed by atoms with Crippen LogP contribution in [0.15, 0.2) is 79.0 Å². The first-order valence-electron chi connectivity index (χ1n) is 20.8. The van der Waals surface area contributed by atoms with Crippen LogP contribution in [0.4, 0.5) is 34.5 Å². The zero-order valence-corrected chi connectivity index (χ0v) is 34.3. The van der Waals surface area contributed by atoms with Crippen molar-refractivity contribution < 1.29 is 19.1 Å². The van der Waals surface area contributed by atoms with Crippen molar-refractivity contribution in [3.8, 4) is 5.75 Å². The van der Waals surface area contributed by atoms with E-state index in [1.54, 1.807) is 13.3 Å². The summed E-state index contributed by atoms with van der Waals surface area (Å²) < 4.78 is 5.80. The minimum Gasteiger partial charge on any atom is -0.494 e. The molecule has 0 radical (unpaired) electrons. The van der Waals surface area contributed by atoms with E-state index < -0.39 is 0 Å². The maximum Gasteiger partial charge on any atom is 0.249 e. The molecule has 5 heterocycles. The smallest absolute Gasteiger partial charge is 0.249 e. The summed E-state index contributed by atoms with van der Waals surface area (Å²) in [5.74, 6) is 1.84. The second-order valence-corrected chi connectivity index (χ2v) is 16.3. The van der Waals surface area contributed by atoms with Gasteiger partial charge in [0.1, 0.15) is 16.8 Å². The molecule has 15 heteroatoms. The maximum atomic E-state index is 13.4. The Bertz CT molecular complexity index is 2080. The lowest BCUT2D eigenvalue weighted by Gasteiger charge is -2.43. The number of likely N-dealkylation sites (tertiary alicyclic amines) is 1. The van der Waals surface area contributed by atoms with Crippen molar-refractivity contribution in [1.29, 1.82) is 0 Å². The first-order valence-corrected chi connectivity index (χ1v) is 21.1. The molecule has 0 saturated carbocycles. The number of piperidine rings is 3. The summed E-state index contributed by atoms with van der Waals surface area (Å²) in [4.78, 5) is 55.3. The quantitative estimate of drug-likeness (QED) is 0.128. The minimum atomic E-state index is -0.386. The van der Waals surface area contributed by atoms with Gasteiger partial charge in [0.25, 0.3) is 0 Å². The van der Waals surface area contributed by atoms with Crippen molar-refractivity contribution in [2.45, 2.75) is 56.5 Å². The topological polar surface area (TPSA) is 147 Å². The molecule has 4 aliphatic rings. The summed E-state index contributed by atoms with van der Waals surface area (Å²) in [5, 5.41) is 12.6. The fourth-order valence-corrected chi connectivity index (χ4v) is 8.84. The number of amides is 3. The predicted octanol–water partition coefficient (Wildman–Crippen LogP) is 5.84. The van der Waals surface area contributed by atoms with Gasteiger partial charge in [-0.2, -0.15) is 4.98 Å². The Morgan fingerprint density at radius 2 is 1.59 bits per heavy atom. The van der Waals surface area contributed by atoms with Gasteiger partial charge in [0.05, 0.1) is 25.5 Å². The lowest BCUT2D eigenvalue weighted by molar-refractivity contribution is -0.135. The van der Waals surface area contributed by atoms with Crippen LogP contribution < -0.4 is 30.9 Å². The molecule has 0 spiro atoms. The number of carbonyl (C=O) groups excluding carboxylic acids is 3. The molecule has 14 nitrogen and oxygen atoms in total. The van der Waals surface area contributed by atoms with Crippen molar-refractivity contribution in [2.75, 3.05) is 86.9 Å². The van der Waals surface area contributed by atoms with E-state index in [-0.39, 0.29) is 23.8 Å². The Morgan fingerprint density at radius 3 is 2.31 bits per heavy atom. The number of halogens is 1. The molecule has 4 aromatic rings. The summed E-state index contributed by atoms with van der Waals surface area (Å²) in [6.45, 7) is 7.58. The number of carbonyl (C=O) groups is 3. The van der Waals surface area contributed by atoms with Gasteiger partial charge in [0, 0.05) is 74.9 Å². The highest BCUT2D eigenvalue weighted by atomic mass is 35.5. The number of rotatable bonds is 12. The number of hydrogen-bond donors (Lipinski definition) is 4. The van der Waals surface area contributed by atoms with Crippen LogP contribution in [0.1, 0.15) is 50.0 Å². The lowest BCUT2D eigenvalue weighted by atomic mass is 9.89. The molecule has 8 rings (SSSR count). The Kier molecular flexibility index (Phi) is 12.8. The van der Waals surface area contributed by atoms with Gasteiger partial charge in [-0.15, -0.1) is 0 Å². The van der Waals surface area contributed by atoms with Crippen molar-refractivity contribution in [1.82, 2.24) is 30.0 Å². The molecule has 4 aliphatic heterocycles. The number of piperazine rings is 1. The van der Waals surface area contributed by atoms with Crippen LogP contribution in [0, 0.1) is 0 Å². The van der Waals surface area contributed by atoms with E-state index in [1.165, 1.54) is 5.56 Å². The van der Waals surface area contributed by atoms with Crippen LogP contribution >= 0.6 is 11.6 Å². The third kappa shape index (κ3) is 10.1. The number of para-hydroxylation sites is 1. The van der Waals surface area contributed by atoms with E-state index in [0.29, 0.717) is 53.9 Å². The molecule has 0 bridgehead atoms. The second kappa shape index (κ2) is 18.6. The van der Waals surface area contributed by atoms with Crippen LogP contribution in [-0.4, -0.2) is 120 Å². The summed E-state index contributed by atoms with van der Waals surface area (Å²) in [5.41, 5.74) is 4.93. The van der Waals surface area contributed by atoms with Gasteiger partial charge in [-0.3, -0.25) is 29.5 Å². The molecule has 4 fully saturated rings. The maximum absolute atomic E-state index is 13.4. The average Bonchev–Trinajstić information content (AvgIpc) is 3.27. The Morgan fingerprint density at radius 1 is 0.847 bits per heavy atom. The van der Waals surface area contributed by atoms with E-state index in [2.05, 4.69) is 75.1 Å². The van der Waals surface area contributed by atoms with E-state index >= 15 is 0 Å². The number of aromatic nitrogens is 2. The van der Waals surface area contributed by atoms with Gasteiger partial charge < -0.3 is 30.5 Å². The average molecular weight is 821 g/mol. The monoisotopic (exact) mass is 820 g/mol. The minimum absolute atomic E-state index is 0.210. The van der Waals surface area contributed by atoms with Crippen molar-refractivity contribution >= 4 is 63.8 Å². The SMILES string of the molecule is COc1cc(N2CCC(N3CCN(C(=O)CN4CCC(c5ccc(NC6CCC(=O)NC6=O)cc5)CC4)CC3)CC2)ccc1Nc1ncc(Cl)c(Nc2ccccc2)n1. The highest BCUT2D eigenvalue weighted by molar-refractivity contribution is 6.32. The molecule has 1 atom stereocenters. The molecule has 3 aromatic carbocycles. The summed E-state index contributed by atoms with van der Waals surface area (Å²) >= 11 is 6.39. The molecule has 59 heavy (non-hydrogen) atoms. The van der Waals surface area contributed by atoms with Crippen LogP contribution in [-0.2, 0) is 14.4 Å². The highest BCUT2D eigenvalue weighted by Gasteiger charge is 2.31. The number of benzene rings is 3. The number of nitrogens with one attached hydrogen (secondary N) is 4. The molecule has 0 aliphatic carbocycles. The molecule has 1 aromatic heterocycles. The van der Waals surface area contributed by atoms with E-state index in [9.17, 15) is 14.4 Å². The van der Waals surface area contributed by atoms with Crippen molar-refractivity contribution in [3.63, 3.8) is 0 Å². The Hall–Kier alpha value is -5.44. The fraction of sp³-hybridized carbons (Fsp3) is 0.432. The van der Waals surface area contributed by atoms with Crippen LogP contribution in [0.3, 0.4) is 0 Å². The van der Waals surface area contributed by atoms with E-state index in [1.807, 2.05) is 48.5 Å². The number of methoxy groups -OCH3 is 1. The Labute approximate surface area is 350 Å². The van der Waals surface area contributed by atoms with Crippen molar-refractivity contribution in [2.24, 2.45) is 0 Å². The first-order chi connectivity index (χ1) is 28.8. The zero-order valence-electron chi connectivity index (χ0n) is 33.5. The molecule has 4 saturated heterocycles. The molecular formula is C44H53ClN10O4. The number of ether oxygens (including phenoxy) is 1. The largest absolute Gasteiger partial charge is 0.494 e. The van der Waals surface area contributed by atoms with Gasteiger partial charge in [-0.05, 0) is 93.1 Å². The fourth-order valence-electron chi connectivity index (χ4n) is 8.70. The molecule has 4 N–H and O–H groups in total. The van der Waals surface area contributed by atoms with Crippen molar-refractivity contribution in [3.05, 3.63) is 89.6 Å². The number of imide groups is 1. The van der Waals surface area contributed by atoms with Gasteiger partial charge in [0.15, 0.2) is 5.82 Å². The van der Waals surface area contributed by atoms with Gasteiger partial charge >= 0.3 is 0 Å². The number of nitrogens with zero attached hydrogens (tertiary/aromatic N) is 6. The summed E-state index contributed by atoms with van der Waals surface area (Å²) in [7, 11) is 1.67. The van der Waals surface area contributed by atoms with E-state index in [4.69, 9.17) is 16.3 Å². The van der Waals surface area contributed by atoms with Crippen LogP contribution in [0.25, 0.3) is 0 Å². The zero-order chi connectivity index (χ0) is 40.7. The van der Waals surface area contributed by atoms with Gasteiger partial charge in [-0.1, -0.05) is 41.9 Å². The first kappa shape index (κ1) is 40.3. The normalized spacial score (nSPS) is 19.9. The summed E-state index contributed by atoms with van der Waals surface area (Å²) in [6, 6.07) is 24.4. The number of anilines is 6. The summed E-state index contributed by atoms with van der Waals surface area (Å²) in [6.07, 6.45) is 6.60. The molecule has 3 amide bonds. The second-order valence-electron chi connectivity index (χ2n) is 15.8. The molecule has 310 valence electrons. The lowest BCUT2D eigenvalue weighted by Crippen LogP contribution is -2.55. The highest BCUT2D eigenvalue weighted by Crippen LogP contribution is 2.34. The Balaban J connectivity index is 0.753. The molecular weight excluding hydrogens is 768 g/mol.